The summed E-state index contributed by atoms with van der Waals surface area (Å²) < 4.78 is 15.6. The Morgan fingerprint density at radius 2 is 1.93 bits per heavy atom. The van der Waals surface area contributed by atoms with Crippen molar-refractivity contribution in [2.75, 3.05) is 49.0 Å². The Morgan fingerprint density at radius 3 is 2.64 bits per heavy atom. The van der Waals surface area contributed by atoms with Gasteiger partial charge in [0.15, 0.2) is 5.82 Å². The number of carbonyl (C=O) groups excluding carboxylic acids is 2. The lowest BCUT2D eigenvalue weighted by Crippen LogP contribution is -2.41. The predicted octanol–water partition coefficient (Wildman–Crippen LogP) is -1.92. The van der Waals surface area contributed by atoms with Crippen molar-refractivity contribution >= 4 is 29.4 Å². The van der Waals surface area contributed by atoms with Crippen molar-refractivity contribution in [2.24, 2.45) is 0 Å². The van der Waals surface area contributed by atoms with Crippen molar-refractivity contribution in [1.82, 2.24) is 9.97 Å². The number of nitrogens with one attached hydrogen (secondary N) is 2. The summed E-state index contributed by atoms with van der Waals surface area (Å²) >= 11 is 0. The van der Waals surface area contributed by atoms with E-state index in [1.54, 1.807) is 0 Å². The van der Waals surface area contributed by atoms with Crippen LogP contribution in [0.15, 0.2) is 4.79 Å². The van der Waals surface area contributed by atoms with Crippen LogP contribution < -0.4 is 21.5 Å². The largest absolute Gasteiger partial charge is 0.466 e. The first-order chi connectivity index (χ1) is 13.5. The molecule has 2 rings (SSSR count). The van der Waals surface area contributed by atoms with E-state index in [1.165, 1.54) is 4.90 Å². The molecular formula is C15H23N5O8. The fraction of sp³-hybridized carbons (Fsp3) is 0.600. The number of hydrogen-bond acceptors (Lipinski definition) is 12. The zero-order valence-electron chi connectivity index (χ0n) is 15.0. The quantitative estimate of drug-likeness (QED) is 0.157. The maximum atomic E-state index is 11.9. The van der Waals surface area contributed by atoms with Gasteiger partial charge in [-0.25, -0.2) is 0 Å². The Labute approximate surface area is 159 Å². The van der Waals surface area contributed by atoms with Gasteiger partial charge < -0.3 is 35.5 Å². The van der Waals surface area contributed by atoms with Gasteiger partial charge in [0, 0.05) is 6.42 Å². The molecule has 1 aromatic heterocycles. The minimum absolute atomic E-state index is 0.0496. The number of aliphatic hydroxyl groups excluding tert-OH is 2. The summed E-state index contributed by atoms with van der Waals surface area (Å²) in [7, 11) is 0. The maximum Gasteiger partial charge on any atom is 0.311 e. The van der Waals surface area contributed by atoms with E-state index in [9.17, 15) is 14.4 Å². The lowest BCUT2D eigenvalue weighted by Gasteiger charge is -2.27. The molecule has 0 saturated heterocycles. The van der Waals surface area contributed by atoms with E-state index in [2.05, 4.69) is 15.3 Å². The predicted molar refractivity (Wildman–Crippen MR) is 95.1 cm³/mol. The molecule has 0 spiro atoms. The van der Waals surface area contributed by atoms with Crippen LogP contribution in [0.25, 0.3) is 0 Å². The van der Waals surface area contributed by atoms with Crippen molar-refractivity contribution in [1.29, 1.82) is 0 Å². The molecule has 1 aliphatic rings. The second-order valence-corrected chi connectivity index (χ2v) is 5.64. The first-order valence-corrected chi connectivity index (χ1v) is 8.55. The van der Waals surface area contributed by atoms with Gasteiger partial charge in [0.05, 0.1) is 45.9 Å². The summed E-state index contributed by atoms with van der Waals surface area (Å²) in [4.78, 5) is 42.7. The van der Waals surface area contributed by atoms with Crippen LogP contribution in [-0.2, 0) is 23.8 Å². The highest BCUT2D eigenvalue weighted by Gasteiger charge is 2.32. The molecule has 1 unspecified atom stereocenters. The number of nitrogen functional groups attached to an aromatic ring is 1. The molecule has 13 nitrogen and oxygen atoms in total. The third-order valence-electron chi connectivity index (χ3n) is 3.55. The Balaban J connectivity index is 2.00. The molecule has 0 bridgehead atoms. The number of anilines is 3. The zero-order chi connectivity index (χ0) is 20.5. The topological polar surface area (TPSA) is 189 Å². The molecule has 156 valence electrons. The minimum atomic E-state index is -1.24. The average molecular weight is 401 g/mol. The van der Waals surface area contributed by atoms with Crippen molar-refractivity contribution in [3.63, 3.8) is 0 Å². The van der Waals surface area contributed by atoms with Gasteiger partial charge in [-0.1, -0.05) is 0 Å². The molecule has 0 radical (unpaired) electrons. The molecule has 0 saturated carbocycles. The van der Waals surface area contributed by atoms with Crippen LogP contribution in [0, 0.1) is 0 Å². The van der Waals surface area contributed by atoms with Gasteiger partial charge in [0.2, 0.25) is 5.95 Å². The van der Waals surface area contributed by atoms with E-state index in [-0.39, 0.29) is 56.8 Å². The molecular weight excluding hydrogens is 378 g/mol. The summed E-state index contributed by atoms with van der Waals surface area (Å²) in [5.74, 6) is -1.22. The fourth-order valence-corrected chi connectivity index (χ4v) is 2.30. The van der Waals surface area contributed by atoms with Crippen LogP contribution >= 0.6 is 0 Å². The molecule has 6 N–H and O–H groups in total. The van der Waals surface area contributed by atoms with Crippen molar-refractivity contribution in [3.8, 4) is 0 Å². The summed E-state index contributed by atoms with van der Waals surface area (Å²) in [5.41, 5.74) is 5.23. The van der Waals surface area contributed by atoms with Gasteiger partial charge in [0.25, 0.3) is 12.0 Å². The minimum Gasteiger partial charge on any atom is -0.466 e. The average Bonchev–Trinajstić information content (AvgIpc) is 3.05. The second-order valence-electron chi connectivity index (χ2n) is 5.64. The number of aromatic amines is 1. The fourth-order valence-electron chi connectivity index (χ4n) is 2.30. The third kappa shape index (κ3) is 5.80. The summed E-state index contributed by atoms with van der Waals surface area (Å²) in [5, 5.41) is 20.3. The van der Waals surface area contributed by atoms with Crippen molar-refractivity contribution in [2.45, 2.75) is 25.7 Å². The van der Waals surface area contributed by atoms with Crippen LogP contribution in [0.4, 0.5) is 17.5 Å². The van der Waals surface area contributed by atoms with Gasteiger partial charge in [0.1, 0.15) is 5.69 Å². The maximum absolute atomic E-state index is 11.9. The first-order valence-electron chi connectivity index (χ1n) is 8.55. The molecule has 1 aliphatic heterocycles. The highest BCUT2D eigenvalue weighted by atomic mass is 16.7. The molecule has 28 heavy (non-hydrogen) atoms. The van der Waals surface area contributed by atoms with Gasteiger partial charge in [-0.2, -0.15) is 4.98 Å². The first kappa shape index (κ1) is 21.4. The van der Waals surface area contributed by atoms with E-state index >= 15 is 0 Å². The monoisotopic (exact) mass is 401 g/mol. The zero-order valence-corrected chi connectivity index (χ0v) is 15.0. The van der Waals surface area contributed by atoms with Gasteiger partial charge >= 0.3 is 11.9 Å². The molecule has 0 aliphatic carbocycles. The van der Waals surface area contributed by atoms with Gasteiger partial charge in [-0.3, -0.25) is 24.3 Å². The number of aliphatic hydroxyl groups is 2. The van der Waals surface area contributed by atoms with E-state index in [1.807, 2.05) is 0 Å². The Bertz CT molecular complexity index is 740. The number of aromatic nitrogens is 2. The number of nitrogens with zero attached hydrogens (tertiary/aromatic N) is 2. The third-order valence-corrected chi connectivity index (χ3v) is 3.55. The Morgan fingerprint density at radius 1 is 1.21 bits per heavy atom. The SMILES string of the molecule is Nc1nc2c(c(=O)[nH]1)NCN2C(OCCCOC(=O)CCO)OC(=O)CCO. The number of rotatable bonds is 11. The molecule has 0 amide bonds. The highest BCUT2D eigenvalue weighted by Crippen LogP contribution is 2.28. The standard InChI is InChI=1S/C15H23N5O8/c16-14-18-12-11(13(25)19-14)17-8-20(12)15(28-10(24)3-5-22)27-7-1-6-26-9(23)2-4-21/h15,17,21-22H,1-8H2,(H3,16,18,19,25). The summed E-state index contributed by atoms with van der Waals surface area (Å²) in [6.07, 6.45) is -1.28. The summed E-state index contributed by atoms with van der Waals surface area (Å²) in [6, 6.07) is 0. The van der Waals surface area contributed by atoms with E-state index < -0.39 is 30.5 Å². The normalized spacial score (nSPS) is 13.6. The van der Waals surface area contributed by atoms with E-state index in [0.717, 1.165) is 0 Å². The van der Waals surface area contributed by atoms with Crippen LogP contribution in [0.5, 0.6) is 0 Å². The number of esters is 2. The van der Waals surface area contributed by atoms with Crippen molar-refractivity contribution < 1.29 is 34.0 Å². The number of carbonyl (C=O) groups is 2. The molecule has 0 fully saturated rings. The van der Waals surface area contributed by atoms with E-state index in [4.69, 9.17) is 30.2 Å². The Kier molecular flexibility index (Phi) is 7.98. The lowest BCUT2D eigenvalue weighted by molar-refractivity contribution is -0.179. The number of hydrogen-bond donors (Lipinski definition) is 5. The number of H-pyrrole nitrogens is 1. The number of ether oxygens (including phenoxy) is 3. The van der Waals surface area contributed by atoms with E-state index in [0.29, 0.717) is 6.42 Å². The van der Waals surface area contributed by atoms with Crippen LogP contribution in [0.2, 0.25) is 0 Å². The smallest absolute Gasteiger partial charge is 0.311 e. The molecule has 13 heteroatoms. The number of fused-ring (bicyclic) bond motifs is 1. The summed E-state index contributed by atoms with van der Waals surface area (Å²) in [6.45, 7) is -0.526. The molecule has 0 aromatic carbocycles. The van der Waals surface area contributed by atoms with Gasteiger partial charge in [-0.15, -0.1) is 0 Å². The van der Waals surface area contributed by atoms with Crippen molar-refractivity contribution in [3.05, 3.63) is 10.4 Å². The van der Waals surface area contributed by atoms with Crippen LogP contribution in [0.1, 0.15) is 19.3 Å². The van der Waals surface area contributed by atoms with Crippen LogP contribution in [0.3, 0.4) is 0 Å². The van der Waals surface area contributed by atoms with Gasteiger partial charge in [-0.05, 0) is 0 Å². The molecule has 2 heterocycles. The highest BCUT2D eigenvalue weighted by molar-refractivity contribution is 5.73. The Hall–Kier alpha value is -2.90. The van der Waals surface area contributed by atoms with Crippen LogP contribution in [-0.4, -0.2) is 71.6 Å². The number of nitrogens with two attached hydrogens (primary N) is 1. The molecule has 1 atom stereocenters. The lowest BCUT2D eigenvalue weighted by atomic mass is 10.4. The molecule has 1 aromatic rings. The second kappa shape index (κ2) is 10.4.